The highest BCUT2D eigenvalue weighted by atomic mass is 19.1. The van der Waals surface area contributed by atoms with Crippen LogP contribution in [0.15, 0.2) is 73.1 Å². The van der Waals surface area contributed by atoms with Gasteiger partial charge in [0.1, 0.15) is 30.3 Å². The highest BCUT2D eigenvalue weighted by Gasteiger charge is 2.22. The predicted molar refractivity (Wildman–Crippen MR) is 153 cm³/mol. The van der Waals surface area contributed by atoms with E-state index in [2.05, 4.69) is 37.6 Å². The number of aromatic nitrogens is 2. The highest BCUT2D eigenvalue weighted by Crippen LogP contribution is 2.32. The molecular formula is C32H32FN5O2. The first-order valence-corrected chi connectivity index (χ1v) is 13.7. The normalized spacial score (nSPS) is 16.6. The third-order valence-corrected chi connectivity index (χ3v) is 7.65. The molecule has 0 bridgehead atoms. The molecule has 0 aliphatic carbocycles. The van der Waals surface area contributed by atoms with Crippen molar-refractivity contribution < 1.29 is 13.9 Å². The zero-order valence-corrected chi connectivity index (χ0v) is 22.5. The van der Waals surface area contributed by atoms with Crippen molar-refractivity contribution in [2.24, 2.45) is 0 Å². The molecule has 2 N–H and O–H groups in total. The lowest BCUT2D eigenvalue weighted by atomic mass is 10.00. The number of nitrogens with zero attached hydrogens (tertiary/aromatic N) is 3. The molecule has 1 fully saturated rings. The second-order valence-electron chi connectivity index (χ2n) is 10.4. The summed E-state index contributed by atoms with van der Waals surface area (Å²) in [6, 6.07) is 20.7. The lowest BCUT2D eigenvalue weighted by Gasteiger charge is -2.24. The van der Waals surface area contributed by atoms with Crippen molar-refractivity contribution in [1.82, 2.24) is 20.6 Å². The number of halogens is 1. The summed E-state index contributed by atoms with van der Waals surface area (Å²) in [6.07, 6.45) is 3.17. The first-order chi connectivity index (χ1) is 19.5. The van der Waals surface area contributed by atoms with Gasteiger partial charge >= 0.3 is 0 Å². The van der Waals surface area contributed by atoms with E-state index in [1.165, 1.54) is 12.1 Å². The molecule has 0 spiro atoms. The Hall–Kier alpha value is -4.30. The molecule has 6 rings (SSSR count). The Morgan fingerprint density at radius 3 is 2.65 bits per heavy atom. The standard InChI is InChI=1S/C32H32FN5O2/c1-21-29(16-22-2-9-27(33)10-3-22)31(36-20-35-21)38-14-15-40-30-11-8-25(17-26(30)19-38)23-4-6-24(7-5-23)32(39)37-28-12-13-34-18-28/h2-11,17,20,28,34H,12-16,18-19H2,1H3,(H,37,39)/t28-/m0/s1. The second-order valence-corrected chi connectivity index (χ2v) is 10.4. The summed E-state index contributed by atoms with van der Waals surface area (Å²) in [5.41, 5.74) is 6.75. The van der Waals surface area contributed by atoms with E-state index in [9.17, 15) is 9.18 Å². The van der Waals surface area contributed by atoms with Gasteiger partial charge in [-0.1, -0.05) is 30.3 Å². The van der Waals surface area contributed by atoms with Gasteiger partial charge in [0, 0.05) is 47.9 Å². The van der Waals surface area contributed by atoms with Gasteiger partial charge in [-0.2, -0.15) is 0 Å². The molecule has 40 heavy (non-hydrogen) atoms. The molecule has 1 amide bonds. The summed E-state index contributed by atoms with van der Waals surface area (Å²) in [4.78, 5) is 24.0. The summed E-state index contributed by atoms with van der Waals surface area (Å²) < 4.78 is 19.6. The quantitative estimate of drug-likeness (QED) is 0.372. The number of carbonyl (C=O) groups is 1. The molecule has 1 aromatic heterocycles. The van der Waals surface area contributed by atoms with Crippen molar-refractivity contribution in [2.75, 3.05) is 31.1 Å². The van der Waals surface area contributed by atoms with Crippen molar-refractivity contribution in [3.05, 3.63) is 107 Å². The fourth-order valence-corrected chi connectivity index (χ4v) is 5.39. The van der Waals surface area contributed by atoms with Crippen LogP contribution in [0.25, 0.3) is 11.1 Å². The van der Waals surface area contributed by atoms with Crippen LogP contribution < -0.4 is 20.3 Å². The molecule has 2 aliphatic heterocycles. The molecule has 8 heteroatoms. The smallest absolute Gasteiger partial charge is 0.251 e. The van der Waals surface area contributed by atoms with Crippen LogP contribution in [0, 0.1) is 12.7 Å². The van der Waals surface area contributed by atoms with E-state index in [1.807, 2.05) is 37.3 Å². The van der Waals surface area contributed by atoms with E-state index in [4.69, 9.17) is 4.74 Å². The second kappa shape index (κ2) is 11.4. The van der Waals surface area contributed by atoms with E-state index >= 15 is 0 Å². The van der Waals surface area contributed by atoms with Crippen molar-refractivity contribution in [1.29, 1.82) is 0 Å². The fraction of sp³-hybridized carbons (Fsp3) is 0.281. The number of nitrogens with one attached hydrogen (secondary N) is 2. The van der Waals surface area contributed by atoms with Crippen molar-refractivity contribution in [3.8, 4) is 16.9 Å². The lowest BCUT2D eigenvalue weighted by molar-refractivity contribution is 0.0940. The Balaban J connectivity index is 1.23. The van der Waals surface area contributed by atoms with Crippen molar-refractivity contribution in [3.63, 3.8) is 0 Å². The topological polar surface area (TPSA) is 79.4 Å². The highest BCUT2D eigenvalue weighted by molar-refractivity contribution is 5.95. The average molecular weight is 538 g/mol. The Labute approximate surface area is 233 Å². The van der Waals surface area contributed by atoms with Crippen LogP contribution in [-0.4, -0.2) is 48.2 Å². The minimum Gasteiger partial charge on any atom is -0.491 e. The van der Waals surface area contributed by atoms with E-state index in [-0.39, 0.29) is 17.8 Å². The third kappa shape index (κ3) is 5.67. The van der Waals surface area contributed by atoms with E-state index in [1.54, 1.807) is 18.5 Å². The SMILES string of the molecule is Cc1ncnc(N2CCOc3ccc(-c4ccc(C(=O)N[C@H]5CCNC5)cc4)cc3C2)c1Cc1ccc(F)cc1. The number of ether oxygens (including phenoxy) is 1. The van der Waals surface area contributed by atoms with Gasteiger partial charge in [0.15, 0.2) is 0 Å². The van der Waals surface area contributed by atoms with E-state index in [0.29, 0.717) is 31.7 Å². The van der Waals surface area contributed by atoms with Gasteiger partial charge < -0.3 is 20.3 Å². The number of amides is 1. The van der Waals surface area contributed by atoms with E-state index < -0.39 is 0 Å². The van der Waals surface area contributed by atoms with Gasteiger partial charge in [-0.3, -0.25) is 4.79 Å². The fourth-order valence-electron chi connectivity index (χ4n) is 5.39. The third-order valence-electron chi connectivity index (χ3n) is 7.65. The average Bonchev–Trinajstić information content (AvgIpc) is 3.39. The monoisotopic (exact) mass is 537 g/mol. The minimum atomic E-state index is -0.249. The molecule has 4 aromatic rings. The summed E-state index contributed by atoms with van der Waals surface area (Å²) in [5.74, 6) is 1.44. The van der Waals surface area contributed by atoms with Gasteiger partial charge in [-0.25, -0.2) is 14.4 Å². The number of fused-ring (bicyclic) bond motifs is 1. The number of anilines is 1. The maximum absolute atomic E-state index is 13.5. The summed E-state index contributed by atoms with van der Waals surface area (Å²) >= 11 is 0. The summed E-state index contributed by atoms with van der Waals surface area (Å²) in [5, 5.41) is 6.37. The molecule has 1 saturated heterocycles. The number of carbonyl (C=O) groups excluding carboxylic acids is 1. The first kappa shape index (κ1) is 26.0. The zero-order valence-electron chi connectivity index (χ0n) is 22.5. The van der Waals surface area contributed by atoms with Crippen LogP contribution in [-0.2, 0) is 13.0 Å². The largest absolute Gasteiger partial charge is 0.491 e. The zero-order chi connectivity index (χ0) is 27.5. The predicted octanol–water partition coefficient (Wildman–Crippen LogP) is 4.67. The summed E-state index contributed by atoms with van der Waals surface area (Å²) in [7, 11) is 0. The Morgan fingerprint density at radius 1 is 1.07 bits per heavy atom. The summed E-state index contributed by atoms with van der Waals surface area (Å²) in [6.45, 7) is 5.59. The van der Waals surface area contributed by atoms with Crippen LogP contribution in [0.5, 0.6) is 5.75 Å². The van der Waals surface area contributed by atoms with Gasteiger partial charge in [0.25, 0.3) is 5.91 Å². The maximum Gasteiger partial charge on any atom is 0.251 e. The molecule has 0 unspecified atom stereocenters. The van der Waals surface area contributed by atoms with Crippen LogP contribution in [0.2, 0.25) is 0 Å². The first-order valence-electron chi connectivity index (χ1n) is 13.7. The van der Waals surface area contributed by atoms with Crippen molar-refractivity contribution >= 4 is 11.7 Å². The van der Waals surface area contributed by atoms with Gasteiger partial charge in [0.2, 0.25) is 0 Å². The van der Waals surface area contributed by atoms with E-state index in [0.717, 1.165) is 64.6 Å². The van der Waals surface area contributed by atoms with Crippen LogP contribution in [0.3, 0.4) is 0 Å². The van der Waals surface area contributed by atoms with Gasteiger partial charge in [0.05, 0.1) is 6.54 Å². The number of hydrogen-bond donors (Lipinski definition) is 2. The van der Waals surface area contributed by atoms with Gasteiger partial charge in [-0.15, -0.1) is 0 Å². The Bertz CT molecular complexity index is 1500. The minimum absolute atomic E-state index is 0.0391. The Kier molecular flexibility index (Phi) is 7.42. The van der Waals surface area contributed by atoms with Crippen LogP contribution in [0.1, 0.15) is 39.2 Å². The van der Waals surface area contributed by atoms with Crippen LogP contribution in [0.4, 0.5) is 10.2 Å². The number of rotatable bonds is 6. The molecule has 7 nitrogen and oxygen atoms in total. The molecule has 3 heterocycles. The lowest BCUT2D eigenvalue weighted by Crippen LogP contribution is -2.36. The molecular weight excluding hydrogens is 505 g/mol. The number of hydrogen-bond acceptors (Lipinski definition) is 6. The number of aryl methyl sites for hydroxylation is 1. The molecule has 204 valence electrons. The molecule has 2 aliphatic rings. The Morgan fingerprint density at radius 2 is 1.88 bits per heavy atom. The maximum atomic E-state index is 13.5. The van der Waals surface area contributed by atoms with Crippen LogP contribution >= 0.6 is 0 Å². The molecule has 1 atom stereocenters. The molecule has 0 radical (unpaired) electrons. The number of benzene rings is 3. The molecule has 0 saturated carbocycles. The van der Waals surface area contributed by atoms with Gasteiger partial charge in [-0.05, 0) is 73.0 Å². The van der Waals surface area contributed by atoms with Crippen molar-refractivity contribution in [2.45, 2.75) is 32.4 Å². The molecule has 3 aromatic carbocycles.